The fourth-order valence-electron chi connectivity index (χ4n) is 3.00. The van der Waals surface area contributed by atoms with Crippen molar-refractivity contribution < 1.29 is 14.2 Å². The van der Waals surface area contributed by atoms with Crippen molar-refractivity contribution in [2.75, 3.05) is 0 Å². The lowest BCUT2D eigenvalue weighted by Gasteiger charge is -2.28. The Morgan fingerprint density at radius 2 is 0.679 bits per heavy atom. The lowest BCUT2D eigenvalue weighted by Crippen LogP contribution is -2.25. The molecule has 3 atom stereocenters. The van der Waals surface area contributed by atoms with Gasteiger partial charge in [0.1, 0.15) is 0 Å². The normalized spacial score (nSPS) is 15.5. The molecule has 28 heavy (non-hydrogen) atoms. The zero-order chi connectivity index (χ0) is 19.8. The smallest absolute Gasteiger partial charge is 0.273 e. The Morgan fingerprint density at radius 3 is 0.929 bits per heavy atom. The van der Waals surface area contributed by atoms with Gasteiger partial charge in [-0.25, -0.2) is 0 Å². The highest BCUT2D eigenvalue weighted by atomic mass is 16.8. The number of benzene rings is 3. The van der Waals surface area contributed by atoms with Crippen molar-refractivity contribution in [2.24, 2.45) is 0 Å². The molecule has 0 aliphatic rings. The minimum absolute atomic E-state index is 0.155. The van der Waals surface area contributed by atoms with E-state index in [0.717, 1.165) is 16.7 Å². The molecule has 0 saturated carbocycles. The molecule has 0 aliphatic carbocycles. The summed E-state index contributed by atoms with van der Waals surface area (Å²) in [7, 11) is 0. The zero-order valence-electron chi connectivity index (χ0n) is 16.7. The number of ether oxygens (including phenoxy) is 3. The van der Waals surface area contributed by atoms with Gasteiger partial charge in [-0.1, -0.05) is 91.0 Å². The van der Waals surface area contributed by atoms with Gasteiger partial charge in [-0.15, -0.1) is 0 Å². The van der Waals surface area contributed by atoms with Crippen LogP contribution in [-0.4, -0.2) is 6.48 Å². The molecule has 3 nitrogen and oxygen atoms in total. The van der Waals surface area contributed by atoms with Crippen LogP contribution >= 0.6 is 0 Å². The van der Waals surface area contributed by atoms with Crippen LogP contribution in [-0.2, 0) is 14.2 Å². The van der Waals surface area contributed by atoms with E-state index in [1.807, 2.05) is 112 Å². The summed E-state index contributed by atoms with van der Waals surface area (Å²) >= 11 is 0. The predicted molar refractivity (Wildman–Crippen MR) is 112 cm³/mol. The van der Waals surface area contributed by atoms with Gasteiger partial charge in [-0.2, -0.15) is 0 Å². The van der Waals surface area contributed by atoms with Crippen LogP contribution < -0.4 is 0 Å². The first kappa shape index (κ1) is 20.3. The van der Waals surface area contributed by atoms with Crippen LogP contribution in [0.25, 0.3) is 0 Å². The second-order valence-corrected chi connectivity index (χ2v) is 6.86. The molecule has 3 unspecified atom stereocenters. The molecule has 146 valence electrons. The van der Waals surface area contributed by atoms with Crippen molar-refractivity contribution in [3.63, 3.8) is 0 Å². The van der Waals surface area contributed by atoms with Crippen molar-refractivity contribution in [3.8, 4) is 0 Å². The maximum absolute atomic E-state index is 6.18. The highest BCUT2D eigenvalue weighted by Gasteiger charge is 2.22. The summed E-state index contributed by atoms with van der Waals surface area (Å²) in [6.07, 6.45) is -0.466. The largest absolute Gasteiger partial charge is 0.322 e. The maximum atomic E-state index is 6.18. The molecule has 0 fully saturated rings. The summed E-state index contributed by atoms with van der Waals surface area (Å²) in [6, 6.07) is 30.3. The molecule has 0 heterocycles. The summed E-state index contributed by atoms with van der Waals surface area (Å²) in [5.41, 5.74) is 3.25. The van der Waals surface area contributed by atoms with E-state index in [1.54, 1.807) is 0 Å². The zero-order valence-corrected chi connectivity index (χ0v) is 16.7. The molecule has 0 saturated heterocycles. The van der Waals surface area contributed by atoms with Crippen LogP contribution in [0.3, 0.4) is 0 Å². The Bertz CT molecular complexity index is 692. The van der Waals surface area contributed by atoms with Gasteiger partial charge in [0.2, 0.25) is 0 Å². The first-order valence-corrected chi connectivity index (χ1v) is 9.74. The van der Waals surface area contributed by atoms with Crippen LogP contribution in [0.2, 0.25) is 0 Å². The highest BCUT2D eigenvalue weighted by Crippen LogP contribution is 2.28. The Balaban J connectivity index is 1.73. The van der Waals surface area contributed by atoms with Crippen molar-refractivity contribution in [1.82, 2.24) is 0 Å². The van der Waals surface area contributed by atoms with E-state index in [1.165, 1.54) is 0 Å². The van der Waals surface area contributed by atoms with Crippen molar-refractivity contribution in [2.45, 2.75) is 45.6 Å². The molecule has 0 N–H and O–H groups in total. The average molecular weight is 376 g/mol. The van der Waals surface area contributed by atoms with Gasteiger partial charge < -0.3 is 14.2 Å². The molecule has 0 aromatic heterocycles. The van der Waals surface area contributed by atoms with E-state index < -0.39 is 6.48 Å². The lowest BCUT2D eigenvalue weighted by atomic mass is 10.1. The molecule has 0 bridgehead atoms. The summed E-state index contributed by atoms with van der Waals surface area (Å²) in [6.45, 7) is 5.24. The fourth-order valence-corrected chi connectivity index (χ4v) is 3.00. The topological polar surface area (TPSA) is 27.7 Å². The summed E-state index contributed by atoms with van der Waals surface area (Å²) < 4.78 is 18.5. The van der Waals surface area contributed by atoms with Crippen LogP contribution in [0.1, 0.15) is 55.8 Å². The SMILES string of the molecule is CC(OC(OC(C)c1ccccc1)OC(C)c1ccccc1)c1ccccc1. The minimum atomic E-state index is -0.791. The summed E-state index contributed by atoms with van der Waals surface area (Å²) in [4.78, 5) is 0. The molecule has 3 rings (SSSR count). The van der Waals surface area contributed by atoms with Crippen molar-refractivity contribution in [3.05, 3.63) is 108 Å². The Hall–Kier alpha value is -2.46. The predicted octanol–water partition coefficient (Wildman–Crippen LogP) is 6.60. The van der Waals surface area contributed by atoms with Gasteiger partial charge in [0.05, 0.1) is 18.3 Å². The quantitative estimate of drug-likeness (QED) is 0.394. The van der Waals surface area contributed by atoms with Gasteiger partial charge in [0.15, 0.2) is 0 Å². The monoisotopic (exact) mass is 376 g/mol. The van der Waals surface area contributed by atoms with E-state index in [4.69, 9.17) is 14.2 Å². The van der Waals surface area contributed by atoms with Gasteiger partial charge in [-0.05, 0) is 37.5 Å². The third-order valence-electron chi connectivity index (χ3n) is 4.75. The Morgan fingerprint density at radius 1 is 0.429 bits per heavy atom. The van der Waals surface area contributed by atoms with Crippen LogP contribution in [0.4, 0.5) is 0 Å². The van der Waals surface area contributed by atoms with E-state index in [0.29, 0.717) is 0 Å². The first-order valence-electron chi connectivity index (χ1n) is 9.74. The number of hydrogen-bond acceptors (Lipinski definition) is 3. The Kier molecular flexibility index (Phi) is 7.38. The third kappa shape index (κ3) is 5.77. The van der Waals surface area contributed by atoms with E-state index >= 15 is 0 Å². The summed E-state index contributed by atoms with van der Waals surface area (Å²) in [5, 5.41) is 0. The molecule has 0 radical (unpaired) electrons. The molecular weight excluding hydrogens is 348 g/mol. The lowest BCUT2D eigenvalue weighted by molar-refractivity contribution is -0.332. The van der Waals surface area contributed by atoms with Gasteiger partial charge in [-0.3, -0.25) is 0 Å². The molecule has 0 aliphatic heterocycles. The van der Waals surface area contributed by atoms with Gasteiger partial charge >= 0.3 is 0 Å². The number of hydrogen-bond donors (Lipinski definition) is 0. The van der Waals surface area contributed by atoms with Crippen LogP contribution in [0.5, 0.6) is 0 Å². The van der Waals surface area contributed by atoms with Gasteiger partial charge in [0, 0.05) is 0 Å². The molecular formula is C25H28O3. The fraction of sp³-hybridized carbons (Fsp3) is 0.280. The van der Waals surface area contributed by atoms with Crippen molar-refractivity contribution >= 4 is 0 Å². The highest BCUT2D eigenvalue weighted by molar-refractivity contribution is 5.18. The molecule has 3 aromatic rings. The van der Waals surface area contributed by atoms with E-state index in [-0.39, 0.29) is 18.3 Å². The summed E-state index contributed by atoms with van der Waals surface area (Å²) in [5.74, 6) is 0. The van der Waals surface area contributed by atoms with E-state index in [2.05, 4.69) is 0 Å². The molecule has 3 heteroatoms. The standard InChI is InChI=1S/C25H28O3/c1-19(22-13-7-4-8-14-22)26-25(27-20(2)23-15-9-5-10-16-23)28-21(3)24-17-11-6-12-18-24/h4-21,25H,1-3H3. The second-order valence-electron chi connectivity index (χ2n) is 6.86. The van der Waals surface area contributed by atoms with Crippen LogP contribution in [0.15, 0.2) is 91.0 Å². The minimum Gasteiger partial charge on any atom is -0.322 e. The third-order valence-corrected chi connectivity index (χ3v) is 4.75. The van der Waals surface area contributed by atoms with E-state index in [9.17, 15) is 0 Å². The Labute approximate surface area is 167 Å². The second kappa shape index (κ2) is 10.2. The van der Waals surface area contributed by atoms with Gasteiger partial charge in [0.25, 0.3) is 6.48 Å². The maximum Gasteiger partial charge on any atom is 0.273 e. The first-order chi connectivity index (χ1) is 13.6. The average Bonchev–Trinajstić information content (AvgIpc) is 2.75. The van der Waals surface area contributed by atoms with Crippen molar-refractivity contribution in [1.29, 1.82) is 0 Å². The molecule has 3 aromatic carbocycles. The molecule has 0 spiro atoms. The van der Waals surface area contributed by atoms with Crippen LogP contribution in [0, 0.1) is 0 Å². The molecule has 0 amide bonds. The number of rotatable bonds is 9.